The molecule has 2 aromatic rings. The van der Waals surface area contributed by atoms with Gasteiger partial charge in [-0.3, -0.25) is 9.82 Å². The molecule has 0 aliphatic heterocycles. The smallest absolute Gasteiger partial charge is 0.265 e. The summed E-state index contributed by atoms with van der Waals surface area (Å²) in [6, 6.07) is 6.53. The van der Waals surface area contributed by atoms with E-state index in [0.29, 0.717) is 22.1 Å². The Kier molecular flexibility index (Phi) is 4.84. The highest BCUT2D eigenvalue weighted by Gasteiger charge is 2.22. The lowest BCUT2D eigenvalue weighted by molar-refractivity contribution is 0.600. The molecule has 1 aromatic heterocycles. The maximum absolute atomic E-state index is 12.2. The largest absolute Gasteiger partial charge is 0.281 e. The molecule has 0 amide bonds. The first-order valence-corrected chi connectivity index (χ1v) is 7.06. The number of halogens is 2. The van der Waals surface area contributed by atoms with E-state index < -0.39 is 10.0 Å². The van der Waals surface area contributed by atoms with Gasteiger partial charge in [0.15, 0.2) is 0 Å². The van der Waals surface area contributed by atoms with Crippen LogP contribution >= 0.6 is 24.0 Å². The van der Waals surface area contributed by atoms with Crippen LogP contribution in [-0.2, 0) is 10.0 Å². The van der Waals surface area contributed by atoms with Crippen molar-refractivity contribution in [1.82, 2.24) is 10.2 Å². The number of H-pyrrole nitrogens is 1. The van der Waals surface area contributed by atoms with E-state index in [1.807, 2.05) is 0 Å². The first-order chi connectivity index (χ1) is 8.40. The molecule has 2 rings (SSSR count). The van der Waals surface area contributed by atoms with Gasteiger partial charge in [-0.1, -0.05) is 17.7 Å². The number of anilines is 1. The monoisotopic (exact) mass is 321 g/mol. The zero-order valence-corrected chi connectivity index (χ0v) is 12.7. The molecule has 0 fully saturated rings. The molecule has 0 spiro atoms. The van der Waals surface area contributed by atoms with E-state index in [9.17, 15) is 8.42 Å². The van der Waals surface area contributed by atoms with Gasteiger partial charge in [0.1, 0.15) is 4.90 Å². The van der Waals surface area contributed by atoms with Crippen LogP contribution in [0.4, 0.5) is 5.69 Å². The zero-order chi connectivity index (χ0) is 13.3. The van der Waals surface area contributed by atoms with Crippen LogP contribution in [0.25, 0.3) is 0 Å². The first-order valence-electron chi connectivity index (χ1n) is 5.20. The van der Waals surface area contributed by atoms with E-state index in [-0.39, 0.29) is 17.3 Å². The summed E-state index contributed by atoms with van der Waals surface area (Å²) in [6.07, 6.45) is 0. The summed E-state index contributed by atoms with van der Waals surface area (Å²) in [5.41, 5.74) is 1.35. The molecule has 0 saturated heterocycles. The molecule has 0 saturated carbocycles. The van der Waals surface area contributed by atoms with E-state index in [0.717, 1.165) is 0 Å². The highest BCUT2D eigenvalue weighted by molar-refractivity contribution is 7.92. The highest BCUT2D eigenvalue weighted by Crippen LogP contribution is 2.22. The fourth-order valence-corrected chi connectivity index (χ4v) is 3.31. The molecule has 8 heteroatoms. The van der Waals surface area contributed by atoms with Crippen LogP contribution in [0.5, 0.6) is 0 Å². The van der Waals surface area contributed by atoms with Gasteiger partial charge in [-0.15, -0.1) is 12.4 Å². The third-order valence-electron chi connectivity index (χ3n) is 2.41. The van der Waals surface area contributed by atoms with Crippen molar-refractivity contribution in [1.29, 1.82) is 0 Å². The summed E-state index contributed by atoms with van der Waals surface area (Å²) < 4.78 is 26.9. The molecular formula is C11H13Cl2N3O2S. The summed E-state index contributed by atoms with van der Waals surface area (Å²) in [6.45, 7) is 3.29. The fourth-order valence-electron chi connectivity index (χ4n) is 1.69. The maximum atomic E-state index is 12.2. The minimum atomic E-state index is -3.65. The van der Waals surface area contributed by atoms with Crippen molar-refractivity contribution < 1.29 is 8.42 Å². The second-order valence-electron chi connectivity index (χ2n) is 3.88. The van der Waals surface area contributed by atoms with Crippen LogP contribution in [0.2, 0.25) is 5.02 Å². The van der Waals surface area contributed by atoms with E-state index >= 15 is 0 Å². The van der Waals surface area contributed by atoms with Crippen molar-refractivity contribution in [3.63, 3.8) is 0 Å². The number of nitrogens with one attached hydrogen (secondary N) is 2. The number of aromatic nitrogens is 2. The van der Waals surface area contributed by atoms with Crippen molar-refractivity contribution in [3.8, 4) is 0 Å². The average molecular weight is 322 g/mol. The number of aromatic amines is 1. The van der Waals surface area contributed by atoms with Crippen LogP contribution in [0.3, 0.4) is 0 Å². The van der Waals surface area contributed by atoms with Crippen molar-refractivity contribution in [2.75, 3.05) is 4.72 Å². The number of sulfonamides is 1. The van der Waals surface area contributed by atoms with Crippen LogP contribution in [0, 0.1) is 13.8 Å². The van der Waals surface area contributed by atoms with E-state index in [1.165, 1.54) is 0 Å². The lowest BCUT2D eigenvalue weighted by Gasteiger charge is -2.08. The molecule has 104 valence electrons. The maximum Gasteiger partial charge on any atom is 0.265 e. The molecule has 1 heterocycles. The first kappa shape index (κ1) is 15.8. The quantitative estimate of drug-likeness (QED) is 0.912. The molecule has 0 radical (unpaired) electrons. The molecule has 1 aromatic carbocycles. The minimum Gasteiger partial charge on any atom is -0.281 e. The van der Waals surface area contributed by atoms with Gasteiger partial charge in [0, 0.05) is 5.02 Å². The van der Waals surface area contributed by atoms with Crippen LogP contribution in [-0.4, -0.2) is 18.6 Å². The van der Waals surface area contributed by atoms with E-state index in [4.69, 9.17) is 11.6 Å². The van der Waals surface area contributed by atoms with Crippen LogP contribution in [0.15, 0.2) is 29.2 Å². The number of aryl methyl sites for hydroxylation is 2. The number of rotatable bonds is 3. The molecule has 19 heavy (non-hydrogen) atoms. The predicted octanol–water partition coefficient (Wildman–Crippen LogP) is 2.90. The molecule has 0 aliphatic rings. The Morgan fingerprint density at radius 1 is 1.32 bits per heavy atom. The van der Waals surface area contributed by atoms with Gasteiger partial charge in [0.2, 0.25) is 0 Å². The second-order valence-corrected chi connectivity index (χ2v) is 5.93. The Bertz CT molecular complexity index is 663. The van der Waals surface area contributed by atoms with E-state index in [1.54, 1.807) is 38.1 Å². The summed E-state index contributed by atoms with van der Waals surface area (Å²) in [5.74, 6) is 0. The standard InChI is InChI=1S/C11H12ClN3O2S.ClH/c1-7-11(8(2)14-13-7)18(16,17)15-10-5-3-4-9(12)6-10;/h3-6,15H,1-2H3,(H,13,14);1H. The van der Waals surface area contributed by atoms with Crippen LogP contribution in [0.1, 0.15) is 11.4 Å². The topological polar surface area (TPSA) is 74.8 Å². The highest BCUT2D eigenvalue weighted by atomic mass is 35.5. The van der Waals surface area contributed by atoms with Crippen molar-refractivity contribution in [2.24, 2.45) is 0 Å². The molecule has 0 aliphatic carbocycles. The normalized spacial score (nSPS) is 10.9. The third-order valence-corrected chi connectivity index (χ3v) is 4.28. The minimum absolute atomic E-state index is 0. The van der Waals surface area contributed by atoms with Gasteiger partial charge < -0.3 is 0 Å². The Morgan fingerprint density at radius 3 is 2.53 bits per heavy atom. The number of hydrogen-bond donors (Lipinski definition) is 2. The Morgan fingerprint density at radius 2 is 2.00 bits per heavy atom. The molecule has 0 unspecified atom stereocenters. The van der Waals surface area contributed by atoms with E-state index in [2.05, 4.69) is 14.9 Å². The molecule has 2 N–H and O–H groups in total. The summed E-state index contributed by atoms with van der Waals surface area (Å²) in [7, 11) is -3.65. The molecule has 5 nitrogen and oxygen atoms in total. The molecule has 0 atom stereocenters. The Hall–Kier alpha value is -1.24. The van der Waals surface area contributed by atoms with Crippen LogP contribution < -0.4 is 4.72 Å². The average Bonchev–Trinajstić information content (AvgIpc) is 2.58. The van der Waals surface area contributed by atoms with Crippen molar-refractivity contribution >= 4 is 39.7 Å². The van der Waals surface area contributed by atoms with Gasteiger partial charge in [-0.2, -0.15) is 5.10 Å². The van der Waals surface area contributed by atoms with Gasteiger partial charge in [-0.25, -0.2) is 8.42 Å². The lowest BCUT2D eigenvalue weighted by Crippen LogP contribution is -2.14. The summed E-state index contributed by atoms with van der Waals surface area (Å²) >= 11 is 5.81. The Balaban J connectivity index is 0.00000180. The van der Waals surface area contributed by atoms with Crippen molar-refractivity contribution in [3.05, 3.63) is 40.7 Å². The van der Waals surface area contributed by atoms with Gasteiger partial charge >= 0.3 is 0 Å². The van der Waals surface area contributed by atoms with Gasteiger partial charge in [0.25, 0.3) is 10.0 Å². The van der Waals surface area contributed by atoms with Crippen molar-refractivity contribution in [2.45, 2.75) is 18.7 Å². The fraction of sp³-hybridized carbons (Fsp3) is 0.182. The summed E-state index contributed by atoms with van der Waals surface area (Å²) in [4.78, 5) is 0.169. The summed E-state index contributed by atoms with van der Waals surface area (Å²) in [5, 5.41) is 6.98. The Labute approximate surface area is 122 Å². The number of benzene rings is 1. The SMILES string of the molecule is Cc1n[nH]c(C)c1S(=O)(=O)Nc1cccc(Cl)c1.Cl. The van der Waals surface area contributed by atoms with Gasteiger partial charge in [-0.05, 0) is 32.0 Å². The van der Waals surface area contributed by atoms with Gasteiger partial charge in [0.05, 0.1) is 17.1 Å². The third kappa shape index (κ3) is 3.40. The second kappa shape index (κ2) is 5.81. The zero-order valence-electron chi connectivity index (χ0n) is 10.3. The predicted molar refractivity (Wildman–Crippen MR) is 77.6 cm³/mol. The molecule has 0 bridgehead atoms. The lowest BCUT2D eigenvalue weighted by atomic mass is 10.3. The number of nitrogens with zero attached hydrogens (tertiary/aromatic N) is 1. The number of hydrogen-bond acceptors (Lipinski definition) is 3. The molecular weight excluding hydrogens is 309 g/mol.